The predicted octanol–water partition coefficient (Wildman–Crippen LogP) is 7.48. The van der Waals surface area contributed by atoms with Crippen LogP contribution in [0.2, 0.25) is 0 Å². The first-order chi connectivity index (χ1) is 37.0. The summed E-state index contributed by atoms with van der Waals surface area (Å²) in [7, 11) is 4.72. The zero-order valence-corrected chi connectivity index (χ0v) is 47.7. The Kier molecular flexibility index (Phi) is 25.8. The van der Waals surface area contributed by atoms with Gasteiger partial charge in [0.25, 0.3) is 17.7 Å². The lowest BCUT2D eigenvalue weighted by Crippen LogP contribution is -2.54. The van der Waals surface area contributed by atoms with Gasteiger partial charge in [0.2, 0.25) is 6.10 Å². The van der Waals surface area contributed by atoms with Crippen molar-refractivity contribution in [2.45, 2.75) is 180 Å². The third kappa shape index (κ3) is 24.4. The van der Waals surface area contributed by atoms with E-state index in [2.05, 4.69) is 14.8 Å². The van der Waals surface area contributed by atoms with Crippen molar-refractivity contribution in [1.82, 2.24) is 20.0 Å². The van der Waals surface area contributed by atoms with Crippen molar-refractivity contribution >= 4 is 47.6 Å². The molecule has 0 aromatic heterocycles. The van der Waals surface area contributed by atoms with Gasteiger partial charge in [-0.3, -0.25) is 19.2 Å². The lowest BCUT2D eigenvalue weighted by Gasteiger charge is -2.35. The summed E-state index contributed by atoms with van der Waals surface area (Å²) in [5.41, 5.74) is -4.30. The van der Waals surface area contributed by atoms with Crippen molar-refractivity contribution in [3.63, 3.8) is 0 Å². The van der Waals surface area contributed by atoms with E-state index in [4.69, 9.17) is 18.9 Å². The van der Waals surface area contributed by atoms with Gasteiger partial charge < -0.3 is 53.5 Å². The molecule has 3 amide bonds. The van der Waals surface area contributed by atoms with Crippen LogP contribution in [-0.2, 0) is 70.1 Å². The van der Waals surface area contributed by atoms with Gasteiger partial charge in [0.05, 0.1) is 0 Å². The SMILES string of the molecule is CN[C@@H](CC(C)C)C(=O)O[C@H](C)C(=O)N(C)[C@@H](CC(C)(C)F)C(=O)O[C@H](Cc1ccc(OC(F)(F)F)cc1)C(=O)N(C)[C@H](CC(C)C)C(=O)O[C@H](C)C(=O)N(C)[C@@H](CC(C)(C)F)C(=O)O[C@H](Cc1ccc(OC(F)(F)F)cc1)C(=O)O. The number of rotatable bonds is 30. The molecule has 0 aliphatic heterocycles. The quantitative estimate of drug-likeness (QED) is 0.0438. The molecule has 8 atom stereocenters. The Labute approximate surface area is 465 Å². The highest BCUT2D eigenvalue weighted by atomic mass is 19.4. The van der Waals surface area contributed by atoms with Crippen molar-refractivity contribution in [2.75, 3.05) is 28.2 Å². The Morgan fingerprint density at radius 1 is 0.494 bits per heavy atom. The van der Waals surface area contributed by atoms with Gasteiger partial charge in [0.1, 0.15) is 47.0 Å². The molecule has 0 aliphatic carbocycles. The zero-order valence-electron chi connectivity index (χ0n) is 47.7. The van der Waals surface area contributed by atoms with Gasteiger partial charge in [0.15, 0.2) is 18.3 Å². The third-order valence-electron chi connectivity index (χ3n) is 12.2. The molecule has 2 N–H and O–H groups in total. The standard InChI is InChI=1S/C54H74F8N4O15/c1-29(2)23-37(63-11)47(72)76-31(5)43(67)65(13)39(27-51(7,8)55)49(74)78-41(25-33-15-19-35(20-16-33)80-53(57,58)59)45(69)64(12)38(24-30(3)4)48(73)77-32(6)44(68)66(14)40(28-52(9,10)56)50(75)79-42(46(70)71)26-34-17-21-36(22-18-34)81-54(60,61)62/h15-22,29-32,37-42,63H,23-28H2,1-14H3,(H,70,71)/t31-,32-,37+,38-,39+,40+,41-,42-/m1/s1. The molecule has 0 bridgehead atoms. The lowest BCUT2D eigenvalue weighted by atomic mass is 9.98. The van der Waals surface area contributed by atoms with Gasteiger partial charge in [0, 0.05) is 46.8 Å². The molecule has 456 valence electrons. The minimum atomic E-state index is -5.08. The van der Waals surface area contributed by atoms with Crippen LogP contribution in [0.5, 0.6) is 11.5 Å². The molecule has 2 aromatic rings. The Balaban J connectivity index is 2.55. The summed E-state index contributed by atoms with van der Waals surface area (Å²) in [6.45, 7) is 13.5. The molecule has 0 saturated heterocycles. The zero-order chi connectivity index (χ0) is 62.3. The summed E-state index contributed by atoms with van der Waals surface area (Å²) in [4.78, 5) is 112. The second-order valence-corrected chi connectivity index (χ2v) is 21.5. The maximum atomic E-state index is 15.5. The molecule has 27 heteroatoms. The molecule has 81 heavy (non-hydrogen) atoms. The highest BCUT2D eigenvalue weighted by molar-refractivity contribution is 5.93. The van der Waals surface area contributed by atoms with E-state index in [1.807, 2.05) is 13.8 Å². The monoisotopic (exact) mass is 1170 g/mol. The molecule has 0 heterocycles. The largest absolute Gasteiger partial charge is 0.573 e. The summed E-state index contributed by atoms with van der Waals surface area (Å²) in [5, 5.41) is 12.7. The number of amides is 3. The van der Waals surface area contributed by atoms with Crippen LogP contribution in [0.1, 0.15) is 106 Å². The van der Waals surface area contributed by atoms with Gasteiger partial charge in [-0.25, -0.2) is 28.0 Å². The molecule has 0 saturated carbocycles. The van der Waals surface area contributed by atoms with Crippen LogP contribution < -0.4 is 14.8 Å². The van der Waals surface area contributed by atoms with E-state index in [0.717, 1.165) is 114 Å². The average Bonchev–Trinajstić information content (AvgIpc) is 3.33. The van der Waals surface area contributed by atoms with Gasteiger partial charge in [-0.15, -0.1) is 26.3 Å². The van der Waals surface area contributed by atoms with Crippen molar-refractivity contribution < 1.29 is 107 Å². The first-order valence-electron chi connectivity index (χ1n) is 25.6. The molecular weight excluding hydrogens is 1100 g/mol. The van der Waals surface area contributed by atoms with Crippen molar-refractivity contribution in [1.29, 1.82) is 0 Å². The van der Waals surface area contributed by atoms with E-state index in [0.29, 0.717) is 11.3 Å². The molecule has 0 fully saturated rings. The molecule has 0 aliphatic rings. The molecule has 0 radical (unpaired) electrons. The van der Waals surface area contributed by atoms with Crippen LogP contribution in [-0.4, -0.2) is 168 Å². The highest BCUT2D eigenvalue weighted by Gasteiger charge is 2.43. The fourth-order valence-corrected chi connectivity index (χ4v) is 8.09. The number of likely N-dealkylation sites (N-methyl/N-ethyl adjacent to an activating group) is 4. The molecular formula is C54H74F8N4O15. The fourth-order valence-electron chi connectivity index (χ4n) is 8.09. The van der Waals surface area contributed by atoms with Gasteiger partial charge in [-0.2, -0.15) is 0 Å². The van der Waals surface area contributed by atoms with E-state index in [1.54, 1.807) is 13.8 Å². The number of alkyl halides is 8. The molecule has 2 rings (SSSR count). The summed E-state index contributed by atoms with van der Waals surface area (Å²) in [6.07, 6.45) is -20.1. The van der Waals surface area contributed by atoms with Crippen LogP contribution in [0, 0.1) is 11.8 Å². The highest BCUT2D eigenvalue weighted by Crippen LogP contribution is 2.28. The summed E-state index contributed by atoms with van der Waals surface area (Å²) < 4.78 is 138. The van der Waals surface area contributed by atoms with E-state index in [1.165, 1.54) is 14.0 Å². The minimum absolute atomic E-state index is 0.0385. The van der Waals surface area contributed by atoms with Gasteiger partial charge in [-0.05, 0) is 109 Å². The van der Waals surface area contributed by atoms with Gasteiger partial charge in [-0.1, -0.05) is 52.0 Å². The minimum Gasteiger partial charge on any atom is -0.478 e. The number of aliphatic carboxylic acids is 1. The Hall–Kier alpha value is -6.80. The number of nitrogens with zero attached hydrogens (tertiary/aromatic N) is 3. The number of hydrogen-bond acceptors (Lipinski definition) is 15. The Morgan fingerprint density at radius 2 is 0.827 bits per heavy atom. The Morgan fingerprint density at radius 3 is 1.16 bits per heavy atom. The second kappa shape index (κ2) is 29.8. The molecule has 19 nitrogen and oxygen atoms in total. The van der Waals surface area contributed by atoms with E-state index in [9.17, 15) is 69.8 Å². The third-order valence-corrected chi connectivity index (χ3v) is 12.2. The molecule has 0 unspecified atom stereocenters. The topological polar surface area (TPSA) is 234 Å². The number of benzene rings is 2. The number of ether oxygens (including phenoxy) is 6. The van der Waals surface area contributed by atoms with Crippen LogP contribution >= 0.6 is 0 Å². The van der Waals surface area contributed by atoms with Crippen LogP contribution in [0.4, 0.5) is 35.1 Å². The van der Waals surface area contributed by atoms with Crippen LogP contribution in [0.25, 0.3) is 0 Å². The van der Waals surface area contributed by atoms with E-state index < -0.39 is 163 Å². The van der Waals surface area contributed by atoms with Crippen LogP contribution in [0.15, 0.2) is 48.5 Å². The number of hydrogen-bond donors (Lipinski definition) is 2. The number of carboxylic acids is 1. The number of halogens is 8. The van der Waals surface area contributed by atoms with E-state index >= 15 is 8.78 Å². The average molecular weight is 1170 g/mol. The summed E-state index contributed by atoms with van der Waals surface area (Å²) in [6, 6.07) is 1.81. The predicted molar refractivity (Wildman–Crippen MR) is 273 cm³/mol. The van der Waals surface area contributed by atoms with Crippen molar-refractivity contribution in [3.8, 4) is 11.5 Å². The summed E-state index contributed by atoms with van der Waals surface area (Å²) >= 11 is 0. The maximum absolute atomic E-state index is 15.5. The first kappa shape index (κ1) is 70.3. The normalized spacial score (nSPS) is 15.2. The number of nitrogens with one attached hydrogen (secondary N) is 1. The maximum Gasteiger partial charge on any atom is 0.573 e. The number of carboxylic acid groups (broad SMARTS) is 1. The van der Waals surface area contributed by atoms with E-state index in [-0.39, 0.29) is 23.5 Å². The summed E-state index contributed by atoms with van der Waals surface area (Å²) in [5.74, 6) is -11.5. The number of carbonyl (C=O) groups excluding carboxylic acids is 7. The van der Waals surface area contributed by atoms with Crippen molar-refractivity contribution in [2.24, 2.45) is 11.8 Å². The Bertz CT molecular complexity index is 2450. The number of carbonyl (C=O) groups is 8. The fraction of sp³-hybridized carbons (Fsp3) is 0.630. The lowest BCUT2D eigenvalue weighted by molar-refractivity contribution is -0.275. The molecule has 0 spiro atoms. The van der Waals surface area contributed by atoms with Gasteiger partial charge >= 0.3 is 42.6 Å². The van der Waals surface area contributed by atoms with Crippen LogP contribution in [0.3, 0.4) is 0 Å². The second-order valence-electron chi connectivity index (χ2n) is 21.5. The number of esters is 4. The van der Waals surface area contributed by atoms with Crippen molar-refractivity contribution in [3.05, 3.63) is 59.7 Å². The smallest absolute Gasteiger partial charge is 0.478 e. The first-order valence-corrected chi connectivity index (χ1v) is 25.6. The molecule has 2 aromatic carbocycles.